The number of ether oxygens (including phenoxy) is 1. The molecule has 38 heavy (non-hydrogen) atoms. The van der Waals surface area contributed by atoms with Gasteiger partial charge in [-0.15, -0.1) is 0 Å². The van der Waals surface area contributed by atoms with Gasteiger partial charge in [-0.05, 0) is 61.4 Å². The molecule has 1 aromatic heterocycles. The van der Waals surface area contributed by atoms with Crippen molar-refractivity contribution in [2.24, 2.45) is 11.8 Å². The molecule has 2 fully saturated rings. The van der Waals surface area contributed by atoms with E-state index in [1.54, 1.807) is 22.5 Å². The Hall–Kier alpha value is -2.95. The lowest BCUT2D eigenvalue weighted by molar-refractivity contribution is -0.136. The first-order valence-electron chi connectivity index (χ1n) is 13.4. The Balaban J connectivity index is 1.53. The molecule has 2 aliphatic rings. The van der Waals surface area contributed by atoms with Crippen LogP contribution in [0, 0.1) is 11.8 Å². The predicted octanol–water partition coefficient (Wildman–Crippen LogP) is 3.65. The van der Waals surface area contributed by atoms with Gasteiger partial charge in [-0.25, -0.2) is 8.42 Å². The van der Waals surface area contributed by atoms with Crippen molar-refractivity contribution in [1.29, 1.82) is 0 Å². The van der Waals surface area contributed by atoms with E-state index < -0.39 is 16.0 Å². The smallest absolute Gasteiger partial charge is 0.309 e. The molecule has 2 heterocycles. The number of benzene rings is 2. The van der Waals surface area contributed by atoms with Crippen LogP contribution in [0.4, 0.5) is 0 Å². The molecule has 1 aliphatic heterocycles. The number of carbonyl (C=O) groups is 1. The molecule has 0 bridgehead atoms. The van der Waals surface area contributed by atoms with Gasteiger partial charge < -0.3 is 14.9 Å². The second kappa shape index (κ2) is 11.0. The topological polar surface area (TPSA) is 122 Å². The standard InChI is InChI=1S/C28H35N3O6S/c1-2-37-21-12-13-27(20(15-21)9-6-14-32)38(35,36)30-17-23(19-7-5-8-19)26(18-30)31-25-11-4-3-10-22(25)24(29-31)16-28(33)34/h3-4,10-13,15,19,23,26,32H,2,5-9,14,16-18H2,1H3,(H,33,34)/t23?,26-/m0/s1. The monoisotopic (exact) mass is 541 g/mol. The van der Waals surface area contributed by atoms with Gasteiger partial charge in [-0.3, -0.25) is 9.48 Å². The van der Waals surface area contributed by atoms with Crippen LogP contribution in [0.2, 0.25) is 0 Å². The number of aromatic nitrogens is 2. The lowest BCUT2D eigenvalue weighted by Crippen LogP contribution is -2.32. The van der Waals surface area contributed by atoms with E-state index in [4.69, 9.17) is 9.84 Å². The van der Waals surface area contributed by atoms with Crippen LogP contribution in [0.1, 0.15) is 49.9 Å². The van der Waals surface area contributed by atoms with Gasteiger partial charge in [0.25, 0.3) is 0 Å². The number of aliphatic carboxylic acids is 1. The molecule has 1 saturated carbocycles. The molecule has 2 atom stereocenters. The SMILES string of the molecule is CCOc1ccc(S(=O)(=O)N2CC(C3CCC3)[C@@H](n3nc(CC(=O)O)c4ccccc43)C2)c(CCCO)c1. The molecule has 204 valence electrons. The average Bonchev–Trinajstić information content (AvgIpc) is 3.44. The van der Waals surface area contributed by atoms with Crippen LogP contribution in [0.25, 0.3) is 10.9 Å². The fourth-order valence-electron chi connectivity index (χ4n) is 5.91. The predicted molar refractivity (Wildman–Crippen MR) is 143 cm³/mol. The van der Waals surface area contributed by atoms with Crippen molar-refractivity contribution < 1.29 is 28.2 Å². The van der Waals surface area contributed by atoms with Gasteiger partial charge in [0.2, 0.25) is 10.0 Å². The average molecular weight is 542 g/mol. The van der Waals surface area contributed by atoms with E-state index in [0.717, 1.165) is 30.2 Å². The number of aryl methyl sites for hydroxylation is 1. The summed E-state index contributed by atoms with van der Waals surface area (Å²) in [6.07, 6.45) is 3.95. The maximum absolute atomic E-state index is 14.1. The van der Waals surface area contributed by atoms with Crippen LogP contribution in [0.15, 0.2) is 47.4 Å². The minimum absolute atomic E-state index is 0.0288. The molecule has 10 heteroatoms. The Labute approximate surface area is 223 Å². The van der Waals surface area contributed by atoms with Crippen LogP contribution >= 0.6 is 0 Å². The van der Waals surface area contributed by atoms with E-state index in [-0.39, 0.29) is 36.4 Å². The van der Waals surface area contributed by atoms with Gasteiger partial charge in [0.05, 0.1) is 35.2 Å². The van der Waals surface area contributed by atoms with Crippen molar-refractivity contribution in [1.82, 2.24) is 14.1 Å². The van der Waals surface area contributed by atoms with E-state index in [0.29, 0.717) is 48.9 Å². The summed E-state index contributed by atoms with van der Waals surface area (Å²) in [5, 5.41) is 24.4. The van der Waals surface area contributed by atoms with Crippen LogP contribution in [0.5, 0.6) is 5.75 Å². The van der Waals surface area contributed by atoms with Gasteiger partial charge >= 0.3 is 5.97 Å². The number of rotatable bonds is 11. The molecule has 2 aromatic carbocycles. The van der Waals surface area contributed by atoms with E-state index in [1.807, 2.05) is 35.9 Å². The number of sulfonamides is 1. The number of carboxylic acids is 1. The Bertz CT molecular complexity index is 1420. The van der Waals surface area contributed by atoms with Crippen LogP contribution in [-0.2, 0) is 27.7 Å². The third kappa shape index (κ3) is 5.04. The zero-order valence-electron chi connectivity index (χ0n) is 21.6. The van der Waals surface area contributed by atoms with Crippen LogP contribution < -0.4 is 4.74 Å². The molecular formula is C28H35N3O6S. The molecule has 1 aliphatic carbocycles. The zero-order valence-corrected chi connectivity index (χ0v) is 22.4. The molecular weight excluding hydrogens is 506 g/mol. The van der Waals surface area contributed by atoms with Gasteiger partial charge in [-0.2, -0.15) is 9.40 Å². The Morgan fingerprint density at radius 2 is 1.95 bits per heavy atom. The maximum Gasteiger partial charge on any atom is 0.309 e. The number of carboxylic acid groups (broad SMARTS) is 1. The molecule has 2 N–H and O–H groups in total. The Kier molecular flexibility index (Phi) is 7.74. The Morgan fingerprint density at radius 1 is 1.16 bits per heavy atom. The second-order valence-electron chi connectivity index (χ2n) is 10.3. The summed E-state index contributed by atoms with van der Waals surface area (Å²) in [7, 11) is -3.83. The number of aliphatic hydroxyl groups is 1. The Morgan fingerprint density at radius 3 is 2.63 bits per heavy atom. The lowest BCUT2D eigenvalue weighted by Gasteiger charge is -2.34. The highest BCUT2D eigenvalue weighted by Crippen LogP contribution is 2.45. The third-order valence-electron chi connectivity index (χ3n) is 7.94. The number of fused-ring (bicyclic) bond motifs is 1. The summed E-state index contributed by atoms with van der Waals surface area (Å²) in [4.78, 5) is 11.8. The molecule has 9 nitrogen and oxygen atoms in total. The summed E-state index contributed by atoms with van der Waals surface area (Å²) in [6.45, 7) is 2.99. The summed E-state index contributed by atoms with van der Waals surface area (Å²) in [6, 6.07) is 12.5. The molecule has 0 spiro atoms. The lowest BCUT2D eigenvalue weighted by atomic mass is 9.74. The van der Waals surface area contributed by atoms with Crippen molar-refractivity contribution in [3.63, 3.8) is 0 Å². The van der Waals surface area contributed by atoms with Gasteiger partial charge in [0.15, 0.2) is 0 Å². The van der Waals surface area contributed by atoms with Gasteiger partial charge in [-0.1, -0.05) is 37.5 Å². The maximum atomic E-state index is 14.1. The number of nitrogens with zero attached hydrogens (tertiary/aromatic N) is 3. The number of aliphatic hydroxyl groups excluding tert-OH is 1. The van der Waals surface area contributed by atoms with Gasteiger partial charge in [0.1, 0.15) is 5.75 Å². The van der Waals surface area contributed by atoms with E-state index in [9.17, 15) is 23.4 Å². The minimum Gasteiger partial charge on any atom is -0.494 e. The third-order valence-corrected chi connectivity index (χ3v) is 9.87. The fraction of sp³-hybridized carbons (Fsp3) is 0.500. The minimum atomic E-state index is -3.83. The highest BCUT2D eigenvalue weighted by Gasteiger charge is 2.46. The van der Waals surface area contributed by atoms with Gasteiger partial charge in [0, 0.05) is 25.1 Å². The second-order valence-corrected chi connectivity index (χ2v) is 12.2. The van der Waals surface area contributed by atoms with Crippen molar-refractivity contribution in [3.8, 4) is 5.75 Å². The van der Waals surface area contributed by atoms with E-state index >= 15 is 0 Å². The zero-order chi connectivity index (χ0) is 26.9. The highest BCUT2D eigenvalue weighted by molar-refractivity contribution is 7.89. The summed E-state index contributed by atoms with van der Waals surface area (Å²) < 4.78 is 37.2. The van der Waals surface area contributed by atoms with Crippen molar-refractivity contribution in [2.45, 2.75) is 56.4 Å². The summed E-state index contributed by atoms with van der Waals surface area (Å²) in [5.41, 5.74) is 1.98. The number of para-hydroxylation sites is 1. The molecule has 0 radical (unpaired) electrons. The quantitative estimate of drug-likeness (QED) is 0.380. The van der Waals surface area contributed by atoms with E-state index in [1.165, 1.54) is 0 Å². The van der Waals surface area contributed by atoms with Crippen molar-refractivity contribution in [2.75, 3.05) is 26.3 Å². The molecule has 1 saturated heterocycles. The van der Waals surface area contributed by atoms with Crippen molar-refractivity contribution in [3.05, 3.63) is 53.7 Å². The first-order valence-corrected chi connectivity index (χ1v) is 14.8. The number of hydrogen-bond donors (Lipinski definition) is 2. The molecule has 1 unspecified atom stereocenters. The first-order chi connectivity index (χ1) is 18.3. The molecule has 5 rings (SSSR count). The van der Waals surface area contributed by atoms with Crippen LogP contribution in [0.3, 0.4) is 0 Å². The molecule has 0 amide bonds. The van der Waals surface area contributed by atoms with E-state index in [2.05, 4.69) is 0 Å². The summed E-state index contributed by atoms with van der Waals surface area (Å²) >= 11 is 0. The fourth-order valence-corrected chi connectivity index (χ4v) is 7.64. The molecule has 3 aromatic rings. The number of hydrogen-bond acceptors (Lipinski definition) is 6. The summed E-state index contributed by atoms with van der Waals surface area (Å²) in [5.74, 6) is 0.154. The van der Waals surface area contributed by atoms with Crippen LogP contribution in [-0.4, -0.2) is 65.0 Å². The largest absolute Gasteiger partial charge is 0.494 e. The highest BCUT2D eigenvalue weighted by atomic mass is 32.2. The van der Waals surface area contributed by atoms with Crippen molar-refractivity contribution >= 4 is 26.9 Å². The normalized spacial score (nSPS) is 20.6. The first kappa shape index (κ1) is 26.6.